The second-order valence-corrected chi connectivity index (χ2v) is 5.94. The lowest BCUT2D eigenvalue weighted by Crippen LogP contribution is -2.35. The summed E-state index contributed by atoms with van der Waals surface area (Å²) in [5.74, 6) is -1.07. The van der Waals surface area contributed by atoms with Crippen LogP contribution in [-0.4, -0.2) is 44.4 Å². The number of hydrogen-bond acceptors (Lipinski definition) is 3. The molecule has 3 rings (SSSR count). The first-order chi connectivity index (χ1) is 9.89. The van der Waals surface area contributed by atoms with Crippen molar-refractivity contribution in [3.8, 4) is 0 Å². The van der Waals surface area contributed by atoms with Crippen LogP contribution in [0.2, 0.25) is 0 Å². The highest BCUT2D eigenvalue weighted by molar-refractivity contribution is 5.93. The van der Waals surface area contributed by atoms with E-state index in [1.807, 2.05) is 25.3 Å². The van der Waals surface area contributed by atoms with E-state index in [2.05, 4.69) is 4.98 Å². The Morgan fingerprint density at radius 3 is 2.86 bits per heavy atom. The molecular weight excluding hydrogens is 270 g/mol. The second kappa shape index (κ2) is 4.58. The number of aliphatic carboxylic acids is 1. The maximum atomic E-state index is 12.5. The predicted molar refractivity (Wildman–Crippen MR) is 76.2 cm³/mol. The smallest absolute Gasteiger partial charge is 0.311 e. The molecule has 0 spiro atoms. The van der Waals surface area contributed by atoms with Gasteiger partial charge in [-0.25, -0.2) is 4.98 Å². The van der Waals surface area contributed by atoms with Crippen LogP contribution < -0.4 is 0 Å². The van der Waals surface area contributed by atoms with Gasteiger partial charge in [-0.2, -0.15) is 0 Å². The molecule has 1 amide bonds. The van der Waals surface area contributed by atoms with Crippen molar-refractivity contribution >= 4 is 17.5 Å². The van der Waals surface area contributed by atoms with E-state index in [1.54, 1.807) is 22.4 Å². The Hall–Kier alpha value is -2.37. The molecule has 1 unspecified atom stereocenters. The van der Waals surface area contributed by atoms with E-state index < -0.39 is 11.4 Å². The molecule has 1 saturated heterocycles. The fourth-order valence-electron chi connectivity index (χ4n) is 2.66. The Labute approximate surface area is 122 Å². The van der Waals surface area contributed by atoms with Gasteiger partial charge in [0.1, 0.15) is 11.3 Å². The van der Waals surface area contributed by atoms with Crippen molar-refractivity contribution in [2.24, 2.45) is 5.41 Å². The first kappa shape index (κ1) is 13.6. The number of aryl methyl sites for hydroxylation is 1. The van der Waals surface area contributed by atoms with Gasteiger partial charge in [-0.15, -0.1) is 0 Å². The highest BCUT2D eigenvalue weighted by Crippen LogP contribution is 2.30. The molecule has 1 N–H and O–H groups in total. The minimum atomic E-state index is -0.858. The van der Waals surface area contributed by atoms with Gasteiger partial charge in [0.2, 0.25) is 0 Å². The standard InChI is InChI=1S/C15H17N3O3/c1-10-3-5-17-8-11(16-12(17)7-10)13(19)18-6-4-15(2,9-18)14(20)21/h3,5,7-8H,4,6,9H2,1-2H3,(H,20,21). The topological polar surface area (TPSA) is 74.9 Å². The Morgan fingerprint density at radius 2 is 2.19 bits per heavy atom. The average molecular weight is 287 g/mol. The lowest BCUT2D eigenvalue weighted by molar-refractivity contribution is -0.147. The summed E-state index contributed by atoms with van der Waals surface area (Å²) in [4.78, 5) is 29.6. The molecule has 1 aliphatic rings. The molecule has 0 saturated carbocycles. The number of hydrogen-bond donors (Lipinski definition) is 1. The molecule has 3 heterocycles. The molecular formula is C15H17N3O3. The molecule has 2 aromatic rings. The van der Waals surface area contributed by atoms with Crippen LogP contribution in [0.25, 0.3) is 5.65 Å². The van der Waals surface area contributed by atoms with Crippen molar-refractivity contribution in [1.29, 1.82) is 0 Å². The summed E-state index contributed by atoms with van der Waals surface area (Å²) < 4.78 is 1.80. The summed E-state index contributed by atoms with van der Waals surface area (Å²) in [6.07, 6.45) is 4.02. The SMILES string of the molecule is Cc1ccn2cc(C(=O)N3CCC(C)(C(=O)O)C3)nc2c1. The van der Waals surface area contributed by atoms with E-state index >= 15 is 0 Å². The lowest BCUT2D eigenvalue weighted by Gasteiger charge is -2.19. The summed E-state index contributed by atoms with van der Waals surface area (Å²) in [5.41, 5.74) is 1.30. The van der Waals surface area contributed by atoms with Crippen molar-refractivity contribution in [2.75, 3.05) is 13.1 Å². The van der Waals surface area contributed by atoms with Crippen molar-refractivity contribution in [3.05, 3.63) is 35.8 Å². The van der Waals surface area contributed by atoms with E-state index in [-0.39, 0.29) is 12.5 Å². The molecule has 0 aliphatic carbocycles. The predicted octanol–water partition coefficient (Wildman–Crippen LogP) is 1.58. The quantitative estimate of drug-likeness (QED) is 0.910. The summed E-state index contributed by atoms with van der Waals surface area (Å²) >= 11 is 0. The van der Waals surface area contributed by atoms with E-state index in [9.17, 15) is 14.7 Å². The molecule has 6 heteroatoms. The number of nitrogens with zero attached hydrogens (tertiary/aromatic N) is 3. The third-order valence-corrected chi connectivity index (χ3v) is 4.11. The zero-order valence-electron chi connectivity index (χ0n) is 12.0. The van der Waals surface area contributed by atoms with Gasteiger partial charge in [-0.05, 0) is 38.0 Å². The third-order valence-electron chi connectivity index (χ3n) is 4.11. The number of carboxylic acids is 1. The van der Waals surface area contributed by atoms with Crippen LogP contribution in [0.1, 0.15) is 29.4 Å². The largest absolute Gasteiger partial charge is 0.481 e. The molecule has 1 atom stereocenters. The van der Waals surface area contributed by atoms with Crippen molar-refractivity contribution in [1.82, 2.24) is 14.3 Å². The maximum Gasteiger partial charge on any atom is 0.311 e. The van der Waals surface area contributed by atoms with Gasteiger partial charge in [-0.3, -0.25) is 9.59 Å². The molecule has 21 heavy (non-hydrogen) atoms. The van der Waals surface area contributed by atoms with Gasteiger partial charge in [-0.1, -0.05) is 0 Å². The number of likely N-dealkylation sites (tertiary alicyclic amines) is 1. The van der Waals surface area contributed by atoms with Crippen LogP contribution in [0.3, 0.4) is 0 Å². The summed E-state index contributed by atoms with van der Waals surface area (Å²) in [6, 6.07) is 3.85. The first-order valence-electron chi connectivity index (χ1n) is 6.87. The lowest BCUT2D eigenvalue weighted by atomic mass is 9.90. The van der Waals surface area contributed by atoms with Crippen molar-refractivity contribution < 1.29 is 14.7 Å². The number of carbonyl (C=O) groups is 2. The Kier molecular flexibility index (Phi) is 2.97. The zero-order chi connectivity index (χ0) is 15.2. The normalized spacial score (nSPS) is 21.9. The summed E-state index contributed by atoms with van der Waals surface area (Å²) in [5, 5.41) is 9.23. The fourth-order valence-corrected chi connectivity index (χ4v) is 2.66. The molecule has 1 fully saturated rings. The summed E-state index contributed by atoms with van der Waals surface area (Å²) in [6.45, 7) is 4.33. The highest BCUT2D eigenvalue weighted by atomic mass is 16.4. The molecule has 0 bridgehead atoms. The van der Waals surface area contributed by atoms with Crippen LogP contribution in [-0.2, 0) is 4.79 Å². The third kappa shape index (κ3) is 2.26. The number of pyridine rings is 1. The number of fused-ring (bicyclic) bond motifs is 1. The molecule has 0 radical (unpaired) electrons. The molecule has 2 aromatic heterocycles. The van der Waals surface area contributed by atoms with Gasteiger partial charge in [0, 0.05) is 25.5 Å². The van der Waals surface area contributed by atoms with Crippen LogP contribution in [0.5, 0.6) is 0 Å². The summed E-state index contributed by atoms with van der Waals surface area (Å²) in [7, 11) is 0. The number of rotatable bonds is 2. The molecule has 6 nitrogen and oxygen atoms in total. The average Bonchev–Trinajstić information content (AvgIpc) is 3.02. The number of aromatic nitrogens is 2. The number of imidazole rings is 1. The second-order valence-electron chi connectivity index (χ2n) is 5.94. The maximum absolute atomic E-state index is 12.5. The minimum Gasteiger partial charge on any atom is -0.481 e. The van der Waals surface area contributed by atoms with Crippen molar-refractivity contribution in [2.45, 2.75) is 20.3 Å². The Bertz CT molecular complexity index is 737. The van der Waals surface area contributed by atoms with Crippen LogP contribution >= 0.6 is 0 Å². The van der Waals surface area contributed by atoms with Gasteiger partial charge in [0.05, 0.1) is 5.41 Å². The number of carboxylic acid groups (broad SMARTS) is 1. The van der Waals surface area contributed by atoms with Gasteiger partial charge in [0.15, 0.2) is 0 Å². The number of amides is 1. The van der Waals surface area contributed by atoms with E-state index in [0.29, 0.717) is 18.7 Å². The highest BCUT2D eigenvalue weighted by Gasteiger charge is 2.42. The van der Waals surface area contributed by atoms with Crippen LogP contribution in [0.4, 0.5) is 0 Å². The van der Waals surface area contributed by atoms with E-state index in [1.165, 1.54) is 0 Å². The van der Waals surface area contributed by atoms with Gasteiger partial charge >= 0.3 is 5.97 Å². The Morgan fingerprint density at radius 1 is 1.43 bits per heavy atom. The first-order valence-corrected chi connectivity index (χ1v) is 6.87. The molecule has 0 aromatic carbocycles. The zero-order valence-corrected chi connectivity index (χ0v) is 12.0. The number of carbonyl (C=O) groups excluding carboxylic acids is 1. The van der Waals surface area contributed by atoms with E-state index in [0.717, 1.165) is 11.2 Å². The Balaban J connectivity index is 1.86. The monoisotopic (exact) mass is 287 g/mol. The van der Waals surface area contributed by atoms with Crippen molar-refractivity contribution in [3.63, 3.8) is 0 Å². The van der Waals surface area contributed by atoms with Crippen LogP contribution in [0, 0.1) is 12.3 Å². The molecule has 1 aliphatic heterocycles. The fraction of sp³-hybridized carbons (Fsp3) is 0.400. The van der Waals surface area contributed by atoms with Crippen LogP contribution in [0.15, 0.2) is 24.5 Å². The molecule has 110 valence electrons. The van der Waals surface area contributed by atoms with Gasteiger partial charge in [0.25, 0.3) is 5.91 Å². The van der Waals surface area contributed by atoms with Gasteiger partial charge < -0.3 is 14.4 Å². The minimum absolute atomic E-state index is 0.207. The van der Waals surface area contributed by atoms with E-state index in [4.69, 9.17) is 0 Å².